The fourth-order valence-corrected chi connectivity index (χ4v) is 7.32. The van der Waals surface area contributed by atoms with Crippen LogP contribution in [-0.4, -0.2) is 80.2 Å². The van der Waals surface area contributed by atoms with Crippen molar-refractivity contribution in [3.05, 3.63) is 47.3 Å². The van der Waals surface area contributed by atoms with Crippen molar-refractivity contribution in [2.75, 3.05) is 50.8 Å². The van der Waals surface area contributed by atoms with Crippen LogP contribution in [0.3, 0.4) is 0 Å². The average molecular weight is 494 g/mol. The molecule has 0 saturated carbocycles. The smallest absolute Gasteiger partial charge is 0.252 e. The number of aliphatic hydroxyl groups is 1. The first-order valence-electron chi connectivity index (χ1n) is 11.5. The topological polar surface area (TPSA) is 73.3 Å². The second-order valence-corrected chi connectivity index (χ2v) is 13.2. The normalized spacial score (nSPS) is 23.1. The predicted molar refractivity (Wildman–Crippen MR) is 132 cm³/mol. The molecule has 2 aliphatic rings. The molecule has 182 valence electrons. The highest BCUT2D eigenvalue weighted by atomic mass is 32.2. The van der Waals surface area contributed by atoms with Crippen molar-refractivity contribution in [2.24, 2.45) is 0 Å². The Morgan fingerprint density at radius 2 is 1.88 bits per heavy atom. The SMILES string of the molecule is CC1(C)CN(CC2CN(S(=O)(=O)c3cccs3)CCN2c2ccc(C(C)(C)O)cc2)CCO1. The number of ether oxygens (including phenoxy) is 1. The van der Waals surface area contributed by atoms with Gasteiger partial charge in [-0.15, -0.1) is 11.3 Å². The van der Waals surface area contributed by atoms with Crippen molar-refractivity contribution in [3.8, 4) is 0 Å². The molecule has 1 unspecified atom stereocenters. The molecule has 2 saturated heterocycles. The van der Waals surface area contributed by atoms with E-state index < -0.39 is 15.6 Å². The minimum atomic E-state index is -3.50. The fraction of sp³-hybridized carbons (Fsp3) is 0.583. The van der Waals surface area contributed by atoms with Crippen molar-refractivity contribution in [3.63, 3.8) is 0 Å². The monoisotopic (exact) mass is 493 g/mol. The van der Waals surface area contributed by atoms with Crippen molar-refractivity contribution >= 4 is 27.0 Å². The molecule has 4 rings (SSSR count). The Morgan fingerprint density at radius 3 is 2.48 bits per heavy atom. The zero-order chi connectivity index (χ0) is 23.9. The Labute approximate surface area is 201 Å². The number of morpholine rings is 1. The van der Waals surface area contributed by atoms with Gasteiger partial charge in [-0.1, -0.05) is 18.2 Å². The zero-order valence-corrected chi connectivity index (χ0v) is 21.5. The number of rotatable bonds is 6. The summed E-state index contributed by atoms with van der Waals surface area (Å²) in [6, 6.07) is 11.5. The molecule has 0 spiro atoms. The number of nitrogens with zero attached hydrogens (tertiary/aromatic N) is 3. The second kappa shape index (κ2) is 9.28. The van der Waals surface area contributed by atoms with Crippen molar-refractivity contribution in [1.82, 2.24) is 9.21 Å². The molecule has 0 bridgehead atoms. The molecule has 3 heterocycles. The molecular formula is C24H35N3O4S2. The van der Waals surface area contributed by atoms with Gasteiger partial charge in [0.15, 0.2) is 0 Å². The highest BCUT2D eigenvalue weighted by Crippen LogP contribution is 2.29. The summed E-state index contributed by atoms with van der Waals surface area (Å²) in [5.74, 6) is 0. The maximum atomic E-state index is 13.2. The fourth-order valence-electron chi connectivity index (χ4n) is 4.71. The van der Waals surface area contributed by atoms with Gasteiger partial charge in [0, 0.05) is 45.0 Å². The number of piperazine rings is 1. The maximum Gasteiger partial charge on any atom is 0.252 e. The van der Waals surface area contributed by atoms with Crippen LogP contribution in [0, 0.1) is 0 Å². The van der Waals surface area contributed by atoms with E-state index in [0.29, 0.717) is 30.5 Å². The predicted octanol–water partition coefficient (Wildman–Crippen LogP) is 2.97. The minimum Gasteiger partial charge on any atom is -0.386 e. The summed E-state index contributed by atoms with van der Waals surface area (Å²) in [6.07, 6.45) is 0. The average Bonchev–Trinajstić information content (AvgIpc) is 3.28. The zero-order valence-electron chi connectivity index (χ0n) is 19.9. The molecule has 1 aromatic heterocycles. The summed E-state index contributed by atoms with van der Waals surface area (Å²) >= 11 is 1.27. The van der Waals surface area contributed by atoms with Gasteiger partial charge >= 0.3 is 0 Å². The van der Waals surface area contributed by atoms with Crippen LogP contribution >= 0.6 is 11.3 Å². The van der Waals surface area contributed by atoms with E-state index >= 15 is 0 Å². The van der Waals surface area contributed by atoms with Gasteiger partial charge in [0.1, 0.15) is 4.21 Å². The van der Waals surface area contributed by atoms with Gasteiger partial charge in [0.05, 0.1) is 23.9 Å². The van der Waals surface area contributed by atoms with Crippen LogP contribution in [0.2, 0.25) is 0 Å². The lowest BCUT2D eigenvalue weighted by Gasteiger charge is -2.46. The Balaban J connectivity index is 1.59. The summed E-state index contributed by atoms with van der Waals surface area (Å²) in [5.41, 5.74) is 0.796. The summed E-state index contributed by atoms with van der Waals surface area (Å²) < 4.78 is 34.4. The number of thiophene rings is 1. The first-order chi connectivity index (χ1) is 15.5. The van der Waals surface area contributed by atoms with Crippen molar-refractivity contribution < 1.29 is 18.3 Å². The largest absolute Gasteiger partial charge is 0.386 e. The van der Waals surface area contributed by atoms with Crippen molar-refractivity contribution in [2.45, 2.75) is 49.1 Å². The molecule has 1 N–H and O–H groups in total. The van der Waals surface area contributed by atoms with E-state index in [1.807, 2.05) is 24.3 Å². The second-order valence-electron chi connectivity index (χ2n) is 10.1. The Kier molecular flexibility index (Phi) is 6.93. The summed E-state index contributed by atoms with van der Waals surface area (Å²) in [7, 11) is -3.50. The molecule has 7 nitrogen and oxygen atoms in total. The van der Waals surface area contributed by atoms with E-state index in [0.717, 1.165) is 30.9 Å². The van der Waals surface area contributed by atoms with E-state index in [4.69, 9.17) is 4.74 Å². The lowest BCUT2D eigenvalue weighted by molar-refractivity contribution is -0.0874. The van der Waals surface area contributed by atoms with Crippen LogP contribution in [-0.2, 0) is 20.4 Å². The maximum absolute atomic E-state index is 13.2. The molecule has 0 aliphatic carbocycles. The molecule has 2 aliphatic heterocycles. The highest BCUT2D eigenvalue weighted by Gasteiger charge is 2.37. The van der Waals surface area contributed by atoms with E-state index in [9.17, 15) is 13.5 Å². The van der Waals surface area contributed by atoms with Crippen molar-refractivity contribution in [1.29, 1.82) is 0 Å². The lowest BCUT2D eigenvalue weighted by Crippen LogP contribution is -2.60. The number of anilines is 1. The van der Waals surface area contributed by atoms with Crippen LogP contribution in [0.1, 0.15) is 33.3 Å². The van der Waals surface area contributed by atoms with Crippen LogP contribution < -0.4 is 4.90 Å². The molecular weight excluding hydrogens is 458 g/mol. The number of sulfonamides is 1. The van der Waals surface area contributed by atoms with E-state index in [2.05, 4.69) is 23.6 Å². The van der Waals surface area contributed by atoms with Gasteiger partial charge in [-0.25, -0.2) is 8.42 Å². The molecule has 2 fully saturated rings. The highest BCUT2D eigenvalue weighted by molar-refractivity contribution is 7.91. The molecule has 0 amide bonds. The van der Waals surface area contributed by atoms with Crippen LogP contribution in [0.4, 0.5) is 5.69 Å². The summed E-state index contributed by atoms with van der Waals surface area (Å²) in [6.45, 7) is 12.3. The summed E-state index contributed by atoms with van der Waals surface area (Å²) in [4.78, 5) is 4.70. The molecule has 0 radical (unpaired) electrons. The van der Waals surface area contributed by atoms with Crippen LogP contribution in [0.5, 0.6) is 0 Å². The van der Waals surface area contributed by atoms with Crippen LogP contribution in [0.25, 0.3) is 0 Å². The third-order valence-corrected chi connectivity index (χ3v) is 9.65. The third kappa shape index (κ3) is 5.61. The van der Waals surface area contributed by atoms with Crippen LogP contribution in [0.15, 0.2) is 46.0 Å². The van der Waals surface area contributed by atoms with Gasteiger partial charge in [-0.2, -0.15) is 4.31 Å². The van der Waals surface area contributed by atoms with E-state index in [1.165, 1.54) is 11.3 Å². The van der Waals surface area contributed by atoms with Gasteiger partial charge in [0.25, 0.3) is 10.0 Å². The number of hydrogen-bond acceptors (Lipinski definition) is 7. The quantitative estimate of drug-likeness (QED) is 0.667. The Bertz CT molecular complexity index is 1030. The first-order valence-corrected chi connectivity index (χ1v) is 13.8. The number of benzene rings is 1. The van der Waals surface area contributed by atoms with E-state index in [-0.39, 0.29) is 11.6 Å². The Morgan fingerprint density at radius 1 is 1.15 bits per heavy atom. The van der Waals surface area contributed by atoms with Gasteiger partial charge in [-0.3, -0.25) is 4.90 Å². The Hall–Kier alpha value is -1.49. The molecule has 1 aromatic carbocycles. The van der Waals surface area contributed by atoms with Gasteiger partial charge < -0.3 is 14.7 Å². The van der Waals surface area contributed by atoms with Gasteiger partial charge in [0.2, 0.25) is 0 Å². The molecule has 2 aromatic rings. The van der Waals surface area contributed by atoms with Gasteiger partial charge in [-0.05, 0) is 56.8 Å². The lowest BCUT2D eigenvalue weighted by atomic mass is 9.98. The molecule has 9 heteroatoms. The minimum absolute atomic E-state index is 0.00961. The third-order valence-electron chi connectivity index (χ3n) is 6.41. The standard InChI is InChI=1S/C24H35N3O4S2/c1-23(2)18-25(13-14-31-23)16-21-17-26(33(29,30)22-6-5-15-32-22)11-12-27(21)20-9-7-19(8-10-20)24(3,4)28/h5-10,15,21,28H,11-14,16-18H2,1-4H3. The molecule has 33 heavy (non-hydrogen) atoms. The number of hydrogen-bond donors (Lipinski definition) is 1. The summed E-state index contributed by atoms with van der Waals surface area (Å²) in [5, 5.41) is 12.1. The molecule has 1 atom stereocenters. The first kappa shape index (κ1) is 24.6. The van der Waals surface area contributed by atoms with E-state index in [1.54, 1.807) is 35.7 Å².